The van der Waals surface area contributed by atoms with E-state index in [1.807, 2.05) is 18.2 Å². The summed E-state index contributed by atoms with van der Waals surface area (Å²) >= 11 is 0. The normalized spacial score (nSPS) is 13.1. The lowest BCUT2D eigenvalue weighted by atomic mass is 9.80. The molecule has 1 atom stereocenters. The van der Waals surface area contributed by atoms with Crippen LogP contribution in [0.5, 0.6) is 0 Å². The molecule has 3 heteroatoms. The largest absolute Gasteiger partial charge is 0.465 e. The molecule has 0 bridgehead atoms. The van der Waals surface area contributed by atoms with Crippen LogP contribution in [0, 0.1) is 0 Å². The molecule has 0 unspecified atom stereocenters. The van der Waals surface area contributed by atoms with E-state index in [0.29, 0.717) is 13.0 Å². The monoisotopic (exact) mass is 249 g/mol. The van der Waals surface area contributed by atoms with E-state index in [-0.39, 0.29) is 11.4 Å². The van der Waals surface area contributed by atoms with Crippen molar-refractivity contribution >= 4 is 5.97 Å². The molecule has 0 saturated heterocycles. The zero-order valence-electron chi connectivity index (χ0n) is 11.5. The van der Waals surface area contributed by atoms with Crippen molar-refractivity contribution in [2.45, 2.75) is 45.1 Å². The van der Waals surface area contributed by atoms with Crippen LogP contribution >= 0.6 is 0 Å². The van der Waals surface area contributed by atoms with Crippen molar-refractivity contribution in [3.63, 3.8) is 0 Å². The van der Waals surface area contributed by atoms with E-state index in [1.165, 1.54) is 5.56 Å². The standard InChI is InChI=1S/C15H23NO2/c1-4-18-14(17)13(16)10-11-15(2,3)12-8-6-5-7-9-12/h5-9,13H,4,10-11,16H2,1-3H3/t13-/m0/s1. The zero-order chi connectivity index (χ0) is 13.6. The fourth-order valence-electron chi connectivity index (χ4n) is 1.92. The van der Waals surface area contributed by atoms with Gasteiger partial charge in [0.25, 0.3) is 0 Å². The van der Waals surface area contributed by atoms with Crippen molar-refractivity contribution < 1.29 is 9.53 Å². The van der Waals surface area contributed by atoms with Gasteiger partial charge in [-0.25, -0.2) is 0 Å². The van der Waals surface area contributed by atoms with Crippen LogP contribution in [-0.4, -0.2) is 18.6 Å². The molecule has 0 amide bonds. The Morgan fingerprint density at radius 3 is 2.50 bits per heavy atom. The third-order valence-corrected chi connectivity index (χ3v) is 3.22. The Hall–Kier alpha value is -1.35. The SMILES string of the molecule is CCOC(=O)[C@@H](N)CCC(C)(C)c1ccccc1. The average Bonchev–Trinajstić information content (AvgIpc) is 2.37. The zero-order valence-corrected chi connectivity index (χ0v) is 11.5. The van der Waals surface area contributed by atoms with Crippen LogP contribution in [0.15, 0.2) is 30.3 Å². The van der Waals surface area contributed by atoms with Crippen LogP contribution in [0.4, 0.5) is 0 Å². The summed E-state index contributed by atoms with van der Waals surface area (Å²) in [4.78, 5) is 11.4. The number of hydrogen-bond acceptors (Lipinski definition) is 3. The highest BCUT2D eigenvalue weighted by molar-refractivity contribution is 5.75. The van der Waals surface area contributed by atoms with Crippen LogP contribution < -0.4 is 5.73 Å². The maximum atomic E-state index is 11.4. The summed E-state index contributed by atoms with van der Waals surface area (Å²) in [6, 6.07) is 9.76. The first-order chi connectivity index (χ1) is 8.47. The van der Waals surface area contributed by atoms with E-state index in [2.05, 4.69) is 26.0 Å². The van der Waals surface area contributed by atoms with Gasteiger partial charge >= 0.3 is 5.97 Å². The number of carbonyl (C=O) groups is 1. The molecule has 1 aromatic rings. The smallest absolute Gasteiger partial charge is 0.322 e. The predicted octanol–water partition coefficient (Wildman–Crippen LogP) is 2.63. The molecule has 0 fully saturated rings. The van der Waals surface area contributed by atoms with Gasteiger partial charge in [0.1, 0.15) is 6.04 Å². The first-order valence-corrected chi connectivity index (χ1v) is 6.45. The molecule has 0 aromatic heterocycles. The summed E-state index contributed by atoms with van der Waals surface area (Å²) in [6.45, 7) is 6.51. The Labute approximate surface area is 109 Å². The molecule has 3 nitrogen and oxygen atoms in total. The lowest BCUT2D eigenvalue weighted by molar-refractivity contribution is -0.144. The van der Waals surface area contributed by atoms with Gasteiger partial charge in [-0.3, -0.25) is 4.79 Å². The molecule has 2 N–H and O–H groups in total. The molecule has 100 valence electrons. The number of nitrogens with two attached hydrogens (primary N) is 1. The van der Waals surface area contributed by atoms with Crippen LogP contribution in [0.2, 0.25) is 0 Å². The van der Waals surface area contributed by atoms with Crippen molar-refractivity contribution in [2.24, 2.45) is 5.73 Å². The van der Waals surface area contributed by atoms with Crippen LogP contribution in [0.3, 0.4) is 0 Å². The Balaban J connectivity index is 2.54. The fraction of sp³-hybridized carbons (Fsp3) is 0.533. The molecule has 0 radical (unpaired) electrons. The van der Waals surface area contributed by atoms with Gasteiger partial charge in [-0.15, -0.1) is 0 Å². The van der Waals surface area contributed by atoms with Crippen LogP contribution in [-0.2, 0) is 14.9 Å². The minimum atomic E-state index is -0.520. The van der Waals surface area contributed by atoms with Gasteiger partial charge in [-0.2, -0.15) is 0 Å². The number of ether oxygens (including phenoxy) is 1. The maximum Gasteiger partial charge on any atom is 0.322 e. The van der Waals surface area contributed by atoms with Crippen molar-refractivity contribution in [1.29, 1.82) is 0 Å². The first kappa shape index (κ1) is 14.7. The molecule has 0 heterocycles. The van der Waals surface area contributed by atoms with Crippen LogP contribution in [0.1, 0.15) is 39.2 Å². The minimum absolute atomic E-state index is 0.0192. The van der Waals surface area contributed by atoms with Crippen LogP contribution in [0.25, 0.3) is 0 Å². The quantitative estimate of drug-likeness (QED) is 0.788. The first-order valence-electron chi connectivity index (χ1n) is 6.45. The Morgan fingerprint density at radius 2 is 1.94 bits per heavy atom. The van der Waals surface area contributed by atoms with E-state index < -0.39 is 6.04 Å². The molecule has 0 aliphatic heterocycles. The second-order valence-electron chi connectivity index (χ2n) is 5.15. The minimum Gasteiger partial charge on any atom is -0.465 e. The molecule has 1 aromatic carbocycles. The highest BCUT2D eigenvalue weighted by Crippen LogP contribution is 2.28. The number of esters is 1. The Morgan fingerprint density at radius 1 is 1.33 bits per heavy atom. The summed E-state index contributed by atoms with van der Waals surface area (Å²) in [5.74, 6) is -0.304. The van der Waals surface area contributed by atoms with Crippen molar-refractivity contribution in [2.75, 3.05) is 6.61 Å². The molecule has 18 heavy (non-hydrogen) atoms. The number of carbonyl (C=O) groups excluding carboxylic acids is 1. The van der Waals surface area contributed by atoms with Gasteiger partial charge in [0.2, 0.25) is 0 Å². The molecule has 0 aliphatic rings. The van der Waals surface area contributed by atoms with Gasteiger partial charge in [0.15, 0.2) is 0 Å². The van der Waals surface area contributed by atoms with Crippen molar-refractivity contribution in [3.05, 3.63) is 35.9 Å². The molecule has 1 rings (SSSR count). The highest BCUT2D eigenvalue weighted by Gasteiger charge is 2.23. The summed E-state index contributed by atoms with van der Waals surface area (Å²) < 4.78 is 4.91. The van der Waals surface area contributed by atoms with Crippen molar-refractivity contribution in [1.82, 2.24) is 0 Å². The predicted molar refractivity (Wildman–Crippen MR) is 73.3 cm³/mol. The lowest BCUT2D eigenvalue weighted by Crippen LogP contribution is -2.34. The van der Waals surface area contributed by atoms with E-state index in [1.54, 1.807) is 6.92 Å². The summed E-state index contributed by atoms with van der Waals surface area (Å²) in [5, 5.41) is 0. The number of benzene rings is 1. The van der Waals surface area contributed by atoms with Gasteiger partial charge in [0.05, 0.1) is 6.61 Å². The van der Waals surface area contributed by atoms with Gasteiger partial charge in [-0.05, 0) is 30.7 Å². The van der Waals surface area contributed by atoms with Crippen molar-refractivity contribution in [3.8, 4) is 0 Å². The maximum absolute atomic E-state index is 11.4. The molecular weight excluding hydrogens is 226 g/mol. The van der Waals surface area contributed by atoms with E-state index in [4.69, 9.17) is 10.5 Å². The summed E-state index contributed by atoms with van der Waals surface area (Å²) in [6.07, 6.45) is 1.50. The topological polar surface area (TPSA) is 52.3 Å². The second kappa shape index (κ2) is 6.55. The highest BCUT2D eigenvalue weighted by atomic mass is 16.5. The summed E-state index contributed by atoms with van der Waals surface area (Å²) in [5.41, 5.74) is 7.10. The Kier molecular flexibility index (Phi) is 5.35. The molecule has 0 aliphatic carbocycles. The molecule has 0 spiro atoms. The third kappa shape index (κ3) is 4.15. The molecular formula is C15H23NO2. The van der Waals surface area contributed by atoms with Gasteiger partial charge < -0.3 is 10.5 Å². The second-order valence-corrected chi connectivity index (χ2v) is 5.15. The lowest BCUT2D eigenvalue weighted by Gasteiger charge is -2.26. The average molecular weight is 249 g/mol. The molecule has 0 saturated carbocycles. The fourth-order valence-corrected chi connectivity index (χ4v) is 1.92. The summed E-state index contributed by atoms with van der Waals surface area (Å²) in [7, 11) is 0. The van der Waals surface area contributed by atoms with E-state index >= 15 is 0 Å². The van der Waals surface area contributed by atoms with E-state index in [0.717, 1.165) is 6.42 Å². The van der Waals surface area contributed by atoms with Gasteiger partial charge in [0, 0.05) is 0 Å². The third-order valence-electron chi connectivity index (χ3n) is 3.22. The number of rotatable bonds is 6. The van der Waals surface area contributed by atoms with Gasteiger partial charge in [-0.1, -0.05) is 44.2 Å². The number of hydrogen-bond donors (Lipinski definition) is 1. The Bertz CT molecular complexity index is 373. The van der Waals surface area contributed by atoms with E-state index in [9.17, 15) is 4.79 Å².